The van der Waals surface area contributed by atoms with Crippen molar-refractivity contribution in [3.63, 3.8) is 0 Å². The molecule has 2 aromatic heterocycles. The molecular weight excluding hydrogens is 1300 g/mol. The smallest absolute Gasteiger partial charge is 0.397 e. The van der Waals surface area contributed by atoms with Crippen LogP contribution in [0.15, 0.2) is 332 Å². The first-order valence-corrected chi connectivity index (χ1v) is 34.2. The van der Waals surface area contributed by atoms with Crippen LogP contribution in [0, 0.1) is 0 Å². The first kappa shape index (κ1) is 64.5. The predicted octanol–water partition coefficient (Wildman–Crippen LogP) is 18.7. The van der Waals surface area contributed by atoms with Crippen LogP contribution in [-0.2, 0) is 20.1 Å². The van der Waals surface area contributed by atoms with Gasteiger partial charge in [0.25, 0.3) is 0 Å². The van der Waals surface area contributed by atoms with Gasteiger partial charge in [0.15, 0.2) is 46.4 Å². The second-order valence-corrected chi connectivity index (χ2v) is 26.8. The third-order valence-electron chi connectivity index (χ3n) is 19.4. The average molecular weight is 1360 g/mol. The molecule has 3 heterocycles. The quantitative estimate of drug-likeness (QED) is 0.122. The van der Waals surface area contributed by atoms with Crippen molar-refractivity contribution < 1.29 is 18.9 Å². The van der Waals surface area contributed by atoms with Gasteiger partial charge in [0.05, 0.1) is 22.0 Å². The van der Waals surface area contributed by atoms with Crippen molar-refractivity contribution in [2.75, 3.05) is 0 Å². The normalized spacial score (nSPS) is 14.7. The Kier molecular flexibility index (Phi) is 17.4. The summed E-state index contributed by atoms with van der Waals surface area (Å²) < 4.78 is 13.2. The predicted molar refractivity (Wildman–Crippen MR) is 400 cm³/mol. The molecule has 2 aliphatic carbocycles. The number of halogens is 1. The van der Waals surface area contributed by atoms with Gasteiger partial charge in [-0.2, -0.15) is 0 Å². The van der Waals surface area contributed by atoms with E-state index in [9.17, 15) is 9.59 Å². The highest BCUT2D eigenvalue weighted by atomic mass is 79.9. The lowest BCUT2D eigenvalue weighted by Crippen LogP contribution is -2.41. The minimum atomic E-state index is -0.690. The second kappa shape index (κ2) is 27.1. The maximum atomic E-state index is 14.4. The van der Waals surface area contributed by atoms with Crippen LogP contribution in [-0.4, -0.2) is 59.8 Å². The van der Waals surface area contributed by atoms with Crippen LogP contribution in [0.5, 0.6) is 0 Å². The van der Waals surface area contributed by atoms with Crippen LogP contribution in [0.1, 0.15) is 104 Å². The van der Waals surface area contributed by atoms with Gasteiger partial charge in [0, 0.05) is 54.5 Å². The highest BCUT2D eigenvalue weighted by Gasteiger charge is 2.54. The number of benzene rings is 12. The van der Waals surface area contributed by atoms with E-state index >= 15 is 0 Å². The van der Waals surface area contributed by atoms with Crippen molar-refractivity contribution in [3.8, 4) is 56.9 Å². The maximum Gasteiger partial charge on any atom is 0.534 e. The van der Waals surface area contributed by atoms with Gasteiger partial charge in [-0.3, -0.25) is 9.59 Å². The van der Waals surface area contributed by atoms with Gasteiger partial charge < -0.3 is 9.31 Å². The summed E-state index contributed by atoms with van der Waals surface area (Å²) >= 11 is 3.56. The molecule has 0 atom stereocenters. The lowest BCUT2D eigenvalue weighted by atomic mass is 9.59. The molecule has 482 valence electrons. The largest absolute Gasteiger partial charge is 0.534 e. The minimum absolute atomic E-state index is 0.00874. The molecule has 1 fully saturated rings. The van der Waals surface area contributed by atoms with Gasteiger partial charge in [0.2, 0.25) is 0 Å². The van der Waals surface area contributed by atoms with E-state index in [0.29, 0.717) is 46.0 Å². The number of hydrogen-bond acceptors (Lipinski definition) is 10. The zero-order chi connectivity index (χ0) is 68.4. The Balaban J connectivity index is 0.000000128. The van der Waals surface area contributed by atoms with E-state index in [1.54, 1.807) is 0 Å². The summed E-state index contributed by atoms with van der Waals surface area (Å²) in [6, 6.07) is 110. The van der Waals surface area contributed by atoms with Crippen molar-refractivity contribution in [1.82, 2.24) is 29.9 Å². The molecule has 0 unspecified atom stereocenters. The van der Waals surface area contributed by atoms with Crippen LogP contribution in [0.25, 0.3) is 56.9 Å². The van der Waals surface area contributed by atoms with Gasteiger partial charge in [0.1, 0.15) is 0 Å². The second-order valence-electron chi connectivity index (χ2n) is 25.9. The first-order valence-electron chi connectivity index (χ1n) is 33.4. The Labute approximate surface area is 590 Å². The molecule has 0 amide bonds. The van der Waals surface area contributed by atoms with E-state index in [4.69, 9.17) is 24.3 Å². The maximum absolute atomic E-state index is 14.4. The van der Waals surface area contributed by atoms with Gasteiger partial charge in [-0.05, 0) is 90.4 Å². The molecule has 12 aromatic carbocycles. The van der Waals surface area contributed by atoms with Gasteiger partial charge in [-0.15, -0.1) is 0 Å². The summed E-state index contributed by atoms with van der Waals surface area (Å²) in [5.74, 6) is 2.96. The van der Waals surface area contributed by atoms with Crippen molar-refractivity contribution >= 4 is 40.3 Å². The number of fused-ring (bicyclic) bond motifs is 4. The fraction of sp³-hybridized carbons (Fsp3) is 0.0909. The van der Waals surface area contributed by atoms with E-state index in [1.165, 1.54) is 0 Å². The Hall–Kier alpha value is -11.5. The van der Waals surface area contributed by atoms with Gasteiger partial charge >= 0.3 is 7.12 Å². The zero-order valence-corrected chi connectivity index (χ0v) is 57.0. The van der Waals surface area contributed by atoms with Crippen LogP contribution in [0.2, 0.25) is 0 Å². The van der Waals surface area contributed by atoms with Crippen LogP contribution >= 0.6 is 15.9 Å². The Bertz CT molecular complexity index is 5100. The topological polar surface area (TPSA) is 130 Å². The van der Waals surface area contributed by atoms with E-state index in [1.807, 2.05) is 234 Å². The minimum Gasteiger partial charge on any atom is -0.397 e. The Morgan fingerprint density at radius 1 is 0.280 bits per heavy atom. The lowest BCUT2D eigenvalue weighted by Gasteiger charge is -2.41. The molecule has 10 nitrogen and oxygen atoms in total. The number of carbonyl (C=O) groups is 2. The molecule has 1 aliphatic heterocycles. The summed E-state index contributed by atoms with van der Waals surface area (Å²) in [6.07, 6.45) is 0. The first-order chi connectivity index (χ1) is 48.8. The fourth-order valence-electron chi connectivity index (χ4n) is 14.0. The summed E-state index contributed by atoms with van der Waals surface area (Å²) in [5.41, 5.74) is 14.1. The molecule has 0 radical (unpaired) electrons. The SMILES string of the molecule is CC1(C)OB(c2nc(-c3ccccc3)nc(-c3ccccc3)n2)OC1(C)C.O=C1c2ccccc2C(c2ccccc2)(c2ccccc2)c2ccc(-c3nc(-c4ccccc4)nc(-c4ccccc4)n3)cc21.O=C1c2ccccc2C(c2ccccc2)(c2ccccc2)c2ccc(Br)cc21. The molecule has 0 bridgehead atoms. The number of nitrogens with zero attached hydrogens (tertiary/aromatic N) is 6. The highest BCUT2D eigenvalue weighted by molar-refractivity contribution is 9.10. The van der Waals surface area contributed by atoms with E-state index in [2.05, 4.69) is 152 Å². The summed E-state index contributed by atoms with van der Waals surface area (Å²) in [6.45, 7) is 8.07. The lowest BCUT2D eigenvalue weighted by molar-refractivity contribution is 0.00578. The highest BCUT2D eigenvalue weighted by Crippen LogP contribution is 2.53. The summed E-state index contributed by atoms with van der Waals surface area (Å²) in [4.78, 5) is 56.5. The standard InChI is InChI=1S/C41H27N3O.C26H17BrO.C21H22BN3O2/c45-37-33-23-13-14-24-35(33)41(31-19-9-3-10-20-31,32-21-11-4-12-22-32)36-26-25-30(27-34(36)37)40-43-38(28-15-5-1-6-16-28)42-39(44-40)29-17-7-2-8-18-29;27-20-15-16-24-22(17-20)25(28)21-13-7-8-14-23(21)26(24,18-9-3-1-4-10-18)19-11-5-2-6-12-19;1-20(2)21(3,4)27-22(26-20)19-24-17(15-11-7-5-8-12-15)23-18(25-19)16-13-9-6-10-14-16/h1-27H;1-17H;5-14H,1-4H3. The third kappa shape index (κ3) is 11.8. The molecule has 0 spiro atoms. The molecule has 3 aliphatic rings. The number of hydrogen-bond donors (Lipinski definition) is 0. The average Bonchev–Trinajstić information content (AvgIpc) is 0.831. The molecular formula is C88H66BBrN6O4. The number of ketones is 2. The van der Waals surface area contributed by atoms with Crippen LogP contribution in [0.3, 0.4) is 0 Å². The fourth-order valence-corrected chi connectivity index (χ4v) is 14.3. The van der Waals surface area contributed by atoms with Crippen molar-refractivity contribution in [2.24, 2.45) is 0 Å². The number of rotatable bonds is 10. The van der Waals surface area contributed by atoms with E-state index in [0.717, 1.165) is 87.9 Å². The van der Waals surface area contributed by atoms with E-state index in [-0.39, 0.29) is 11.6 Å². The molecule has 1 saturated heterocycles. The molecule has 12 heteroatoms. The number of carbonyl (C=O) groups excluding carboxylic acids is 2. The molecule has 14 aromatic rings. The van der Waals surface area contributed by atoms with Gasteiger partial charge in [-0.1, -0.05) is 325 Å². The molecule has 0 saturated carbocycles. The Morgan fingerprint density at radius 3 is 0.900 bits per heavy atom. The Morgan fingerprint density at radius 2 is 0.550 bits per heavy atom. The van der Waals surface area contributed by atoms with Crippen LogP contribution in [0.4, 0.5) is 0 Å². The number of aromatic nitrogens is 6. The van der Waals surface area contributed by atoms with Gasteiger partial charge in [-0.25, -0.2) is 29.9 Å². The molecule has 100 heavy (non-hydrogen) atoms. The van der Waals surface area contributed by atoms with E-state index < -0.39 is 29.2 Å². The monoisotopic (exact) mass is 1360 g/mol. The molecule has 0 N–H and O–H groups in total. The summed E-state index contributed by atoms with van der Waals surface area (Å²) in [5, 5.41) is 0. The van der Waals surface area contributed by atoms with Crippen molar-refractivity contribution in [1.29, 1.82) is 0 Å². The third-order valence-corrected chi connectivity index (χ3v) is 19.9. The molecule has 17 rings (SSSR count). The van der Waals surface area contributed by atoms with Crippen molar-refractivity contribution in [3.05, 3.63) is 399 Å². The zero-order valence-electron chi connectivity index (χ0n) is 55.4. The summed E-state index contributed by atoms with van der Waals surface area (Å²) in [7, 11) is -0.636. The van der Waals surface area contributed by atoms with Crippen molar-refractivity contribution in [2.45, 2.75) is 49.7 Å². The van der Waals surface area contributed by atoms with Crippen LogP contribution < -0.4 is 5.72 Å².